The Morgan fingerprint density at radius 2 is 2.11 bits per heavy atom. The van der Waals surface area contributed by atoms with E-state index in [-0.39, 0.29) is 11.4 Å². The normalized spacial score (nSPS) is 13.8. The van der Waals surface area contributed by atoms with Crippen molar-refractivity contribution < 1.29 is 19.1 Å². The number of hydrogen-bond donors (Lipinski definition) is 1. The fourth-order valence-corrected chi connectivity index (χ4v) is 2.58. The van der Waals surface area contributed by atoms with Crippen molar-refractivity contribution in [1.82, 2.24) is 4.57 Å². The van der Waals surface area contributed by atoms with Gasteiger partial charge in [0.1, 0.15) is 5.82 Å². The van der Waals surface area contributed by atoms with Crippen LogP contribution < -0.4 is 0 Å². The van der Waals surface area contributed by atoms with Gasteiger partial charge in [-0.05, 0) is 25.0 Å². The van der Waals surface area contributed by atoms with Gasteiger partial charge in [0.25, 0.3) is 5.78 Å². The number of carboxylic acids is 1. The average molecular weight is 247 g/mol. The molecule has 0 aliphatic carbocycles. The fourth-order valence-electron chi connectivity index (χ4n) is 2.58. The van der Waals surface area contributed by atoms with Crippen LogP contribution in [0.25, 0.3) is 10.9 Å². The quantitative estimate of drug-likeness (QED) is 0.652. The first-order chi connectivity index (χ1) is 8.59. The van der Waals surface area contributed by atoms with Crippen LogP contribution in [0, 0.1) is 5.82 Å². The molecule has 1 N–H and O–H groups in total. The van der Waals surface area contributed by atoms with Gasteiger partial charge in [0.05, 0.1) is 11.1 Å². The van der Waals surface area contributed by atoms with Crippen molar-refractivity contribution in [3.63, 3.8) is 0 Å². The molecule has 0 saturated heterocycles. The number of halogens is 1. The lowest BCUT2D eigenvalue weighted by molar-refractivity contribution is -0.131. The number of Topliss-reactive ketones (excluding diaryl/α,β-unsaturated/α-hetero) is 1. The van der Waals surface area contributed by atoms with Crippen molar-refractivity contribution in [2.45, 2.75) is 19.4 Å². The lowest BCUT2D eigenvalue weighted by Crippen LogP contribution is -2.12. The minimum Gasteiger partial charge on any atom is -0.475 e. The van der Waals surface area contributed by atoms with Crippen LogP contribution in [0.3, 0.4) is 0 Å². The van der Waals surface area contributed by atoms with Gasteiger partial charge < -0.3 is 9.67 Å². The maximum Gasteiger partial charge on any atom is 0.377 e. The van der Waals surface area contributed by atoms with E-state index in [0.29, 0.717) is 29.4 Å². The van der Waals surface area contributed by atoms with Gasteiger partial charge in [-0.3, -0.25) is 4.79 Å². The molecule has 1 aliphatic heterocycles. The van der Waals surface area contributed by atoms with Gasteiger partial charge in [-0.25, -0.2) is 9.18 Å². The molecule has 1 aromatic carbocycles. The lowest BCUT2D eigenvalue weighted by atomic mass is 10.0. The number of ketones is 1. The highest BCUT2D eigenvalue weighted by atomic mass is 19.1. The number of carboxylic acid groups (broad SMARTS) is 1. The Balaban J connectivity index is 2.35. The average Bonchev–Trinajstić information content (AvgIpc) is 2.73. The molecule has 0 unspecified atom stereocenters. The zero-order chi connectivity index (χ0) is 12.9. The Morgan fingerprint density at radius 3 is 2.83 bits per heavy atom. The molecule has 0 atom stereocenters. The summed E-state index contributed by atoms with van der Waals surface area (Å²) in [6.45, 7) is 0.680. The molecule has 0 radical (unpaired) electrons. The summed E-state index contributed by atoms with van der Waals surface area (Å²) in [5, 5.41) is 9.31. The van der Waals surface area contributed by atoms with Crippen molar-refractivity contribution >= 4 is 22.7 Å². The molecule has 92 valence electrons. The largest absolute Gasteiger partial charge is 0.475 e. The Bertz CT molecular complexity index is 687. The number of aromatic nitrogens is 1. The van der Waals surface area contributed by atoms with E-state index in [9.17, 15) is 14.0 Å². The van der Waals surface area contributed by atoms with Crippen molar-refractivity contribution in [3.8, 4) is 0 Å². The highest BCUT2D eigenvalue weighted by Gasteiger charge is 2.24. The molecule has 2 heterocycles. The summed E-state index contributed by atoms with van der Waals surface area (Å²) in [5.74, 6) is -2.73. The minimum atomic E-state index is -1.49. The van der Waals surface area contributed by atoms with E-state index >= 15 is 0 Å². The Hall–Kier alpha value is -2.17. The predicted molar refractivity (Wildman–Crippen MR) is 62.2 cm³/mol. The molecule has 0 amide bonds. The van der Waals surface area contributed by atoms with Gasteiger partial charge in [0.15, 0.2) is 0 Å². The molecular weight excluding hydrogens is 237 g/mol. The summed E-state index contributed by atoms with van der Waals surface area (Å²) in [5.41, 5.74) is 1.37. The molecule has 18 heavy (non-hydrogen) atoms. The molecule has 3 rings (SSSR count). The smallest absolute Gasteiger partial charge is 0.377 e. The first-order valence-corrected chi connectivity index (χ1v) is 5.67. The van der Waals surface area contributed by atoms with Crippen LogP contribution in [-0.4, -0.2) is 21.4 Å². The Labute approximate surface area is 102 Å². The summed E-state index contributed by atoms with van der Waals surface area (Å²) in [6, 6.07) is 2.78. The fraction of sp³-hybridized carbons (Fsp3) is 0.231. The summed E-state index contributed by atoms with van der Waals surface area (Å²) < 4.78 is 15.5. The van der Waals surface area contributed by atoms with E-state index in [1.165, 1.54) is 18.3 Å². The number of rotatable bonds is 2. The molecular formula is C13H10FNO3. The summed E-state index contributed by atoms with van der Waals surface area (Å²) in [7, 11) is 0. The zero-order valence-corrected chi connectivity index (χ0v) is 9.44. The number of nitrogens with zero attached hydrogens (tertiary/aromatic N) is 1. The monoisotopic (exact) mass is 247 g/mol. The van der Waals surface area contributed by atoms with Gasteiger partial charge in [-0.2, -0.15) is 0 Å². The lowest BCUT2D eigenvalue weighted by Gasteiger charge is -2.15. The molecule has 5 heteroatoms. The number of aliphatic carboxylic acids is 1. The third-order valence-electron chi connectivity index (χ3n) is 3.35. The van der Waals surface area contributed by atoms with Crippen LogP contribution in [0.4, 0.5) is 4.39 Å². The molecule has 0 fully saturated rings. The first-order valence-electron chi connectivity index (χ1n) is 5.67. The van der Waals surface area contributed by atoms with E-state index < -0.39 is 11.8 Å². The van der Waals surface area contributed by atoms with E-state index in [2.05, 4.69) is 0 Å². The Kier molecular flexibility index (Phi) is 2.23. The van der Waals surface area contributed by atoms with Gasteiger partial charge in [-0.15, -0.1) is 0 Å². The number of benzene rings is 1. The van der Waals surface area contributed by atoms with E-state index in [1.54, 1.807) is 4.57 Å². The summed E-state index contributed by atoms with van der Waals surface area (Å²) >= 11 is 0. The second-order valence-corrected chi connectivity index (χ2v) is 4.40. The van der Waals surface area contributed by atoms with Crippen molar-refractivity contribution in [1.29, 1.82) is 0 Å². The molecule has 0 spiro atoms. The van der Waals surface area contributed by atoms with Gasteiger partial charge in [0.2, 0.25) is 0 Å². The molecule has 1 aliphatic rings. The Morgan fingerprint density at radius 1 is 1.33 bits per heavy atom. The van der Waals surface area contributed by atoms with Crippen molar-refractivity contribution in [3.05, 3.63) is 35.3 Å². The maximum atomic E-state index is 13.7. The number of aryl methyl sites for hydroxylation is 2. The van der Waals surface area contributed by atoms with Crippen LogP contribution in [0.2, 0.25) is 0 Å². The highest BCUT2D eigenvalue weighted by molar-refractivity contribution is 6.42. The molecule has 2 aromatic rings. The highest BCUT2D eigenvalue weighted by Crippen LogP contribution is 2.31. The van der Waals surface area contributed by atoms with E-state index in [1.807, 2.05) is 0 Å². The van der Waals surface area contributed by atoms with Gasteiger partial charge in [-0.1, -0.05) is 0 Å². The molecule has 0 bridgehead atoms. The molecule has 1 aromatic heterocycles. The summed E-state index contributed by atoms with van der Waals surface area (Å²) in [4.78, 5) is 22.4. The van der Waals surface area contributed by atoms with Crippen LogP contribution in [0.5, 0.6) is 0 Å². The number of carbonyl (C=O) groups excluding carboxylic acids is 1. The van der Waals surface area contributed by atoms with E-state index in [4.69, 9.17) is 5.11 Å². The topological polar surface area (TPSA) is 59.3 Å². The number of carbonyl (C=O) groups is 2. The number of hydrogen-bond acceptors (Lipinski definition) is 2. The van der Waals surface area contributed by atoms with Gasteiger partial charge >= 0.3 is 5.97 Å². The zero-order valence-electron chi connectivity index (χ0n) is 9.44. The second kappa shape index (κ2) is 3.66. The second-order valence-electron chi connectivity index (χ2n) is 4.40. The third kappa shape index (κ3) is 1.37. The first kappa shape index (κ1) is 11.0. The maximum absolute atomic E-state index is 13.7. The van der Waals surface area contributed by atoms with Crippen LogP contribution in [0.1, 0.15) is 22.3 Å². The van der Waals surface area contributed by atoms with E-state index in [0.717, 1.165) is 6.42 Å². The third-order valence-corrected chi connectivity index (χ3v) is 3.35. The molecule has 4 nitrogen and oxygen atoms in total. The van der Waals surface area contributed by atoms with Crippen LogP contribution in [0.15, 0.2) is 18.3 Å². The van der Waals surface area contributed by atoms with Gasteiger partial charge in [0, 0.05) is 23.7 Å². The van der Waals surface area contributed by atoms with Crippen LogP contribution in [-0.2, 0) is 17.8 Å². The summed E-state index contributed by atoms with van der Waals surface area (Å²) in [6.07, 6.45) is 2.93. The molecule has 0 saturated carbocycles. The van der Waals surface area contributed by atoms with Crippen molar-refractivity contribution in [2.24, 2.45) is 0 Å². The minimum absolute atomic E-state index is 0.139. The van der Waals surface area contributed by atoms with Crippen LogP contribution >= 0.6 is 0 Å². The standard InChI is InChI=1S/C13H10FNO3/c14-10-4-3-7-9(12(16)13(17)18)6-15-5-1-2-8(10)11(7)15/h3-4,6H,1-2,5H2,(H,17,18). The SMILES string of the molecule is O=C(O)C(=O)c1cn2c3c(c(F)ccc13)CCC2. The predicted octanol–water partition coefficient (Wildman–Crippen LogP) is 1.99. The van der Waals surface area contributed by atoms with Crippen molar-refractivity contribution in [2.75, 3.05) is 0 Å².